The molecule has 26 heavy (non-hydrogen) atoms. The lowest BCUT2D eigenvalue weighted by Gasteiger charge is -2.15. The highest BCUT2D eigenvalue weighted by Crippen LogP contribution is 2.19. The first-order chi connectivity index (χ1) is 12.6. The SMILES string of the molecule is CC(=O)Nc1cccc([C@H](C)NCCCc2cncc3ccccc23)c1. The van der Waals surface area contributed by atoms with Crippen LogP contribution in [0.5, 0.6) is 0 Å². The van der Waals surface area contributed by atoms with Crippen molar-refractivity contribution < 1.29 is 4.79 Å². The number of aromatic nitrogens is 1. The van der Waals surface area contributed by atoms with Crippen LogP contribution >= 0.6 is 0 Å². The van der Waals surface area contributed by atoms with E-state index in [1.807, 2.05) is 36.7 Å². The van der Waals surface area contributed by atoms with E-state index < -0.39 is 0 Å². The Hall–Kier alpha value is -2.72. The summed E-state index contributed by atoms with van der Waals surface area (Å²) < 4.78 is 0. The number of aryl methyl sites for hydroxylation is 1. The lowest BCUT2D eigenvalue weighted by Crippen LogP contribution is -2.20. The highest BCUT2D eigenvalue weighted by Gasteiger charge is 2.07. The van der Waals surface area contributed by atoms with Crippen molar-refractivity contribution in [2.24, 2.45) is 0 Å². The van der Waals surface area contributed by atoms with Gasteiger partial charge >= 0.3 is 0 Å². The minimum Gasteiger partial charge on any atom is -0.326 e. The fourth-order valence-corrected chi connectivity index (χ4v) is 3.18. The average Bonchev–Trinajstić information content (AvgIpc) is 2.65. The molecule has 1 heterocycles. The summed E-state index contributed by atoms with van der Waals surface area (Å²) in [7, 11) is 0. The van der Waals surface area contributed by atoms with Crippen LogP contribution in [-0.2, 0) is 11.2 Å². The number of carbonyl (C=O) groups excluding carboxylic acids is 1. The fourth-order valence-electron chi connectivity index (χ4n) is 3.18. The Morgan fingerprint density at radius 2 is 1.96 bits per heavy atom. The predicted molar refractivity (Wildman–Crippen MR) is 107 cm³/mol. The van der Waals surface area contributed by atoms with Crippen molar-refractivity contribution >= 4 is 22.4 Å². The molecule has 1 atom stereocenters. The number of hydrogen-bond acceptors (Lipinski definition) is 3. The molecule has 0 aliphatic rings. The number of hydrogen-bond donors (Lipinski definition) is 2. The Balaban J connectivity index is 1.54. The largest absolute Gasteiger partial charge is 0.326 e. The maximum atomic E-state index is 11.2. The number of pyridine rings is 1. The number of carbonyl (C=O) groups is 1. The van der Waals surface area contributed by atoms with Crippen molar-refractivity contribution in [3.63, 3.8) is 0 Å². The molecule has 1 amide bonds. The molecule has 0 saturated carbocycles. The molecule has 0 fully saturated rings. The normalized spacial score (nSPS) is 12.1. The molecule has 0 aliphatic carbocycles. The molecule has 134 valence electrons. The first-order valence-corrected chi connectivity index (χ1v) is 9.06. The Morgan fingerprint density at radius 3 is 2.81 bits per heavy atom. The number of nitrogens with one attached hydrogen (secondary N) is 2. The van der Waals surface area contributed by atoms with Crippen molar-refractivity contribution in [1.29, 1.82) is 0 Å². The summed E-state index contributed by atoms with van der Waals surface area (Å²) in [5, 5.41) is 8.88. The van der Waals surface area contributed by atoms with Crippen molar-refractivity contribution in [3.05, 3.63) is 72.1 Å². The van der Waals surface area contributed by atoms with Gasteiger partial charge in [0.25, 0.3) is 0 Å². The molecule has 4 heteroatoms. The third-order valence-corrected chi connectivity index (χ3v) is 4.53. The molecule has 2 aromatic carbocycles. The van der Waals surface area contributed by atoms with Gasteiger partial charge < -0.3 is 10.6 Å². The number of nitrogens with zero attached hydrogens (tertiary/aromatic N) is 1. The van der Waals surface area contributed by atoms with Gasteiger partial charge in [-0.2, -0.15) is 0 Å². The van der Waals surface area contributed by atoms with E-state index >= 15 is 0 Å². The third kappa shape index (κ3) is 4.67. The standard InChI is InChI=1S/C22H25N3O/c1-16(18-8-5-10-21(13-18)25-17(2)26)24-12-6-9-20-15-23-14-19-7-3-4-11-22(19)20/h3-5,7-8,10-11,13-16,24H,6,9,12H2,1-2H3,(H,25,26)/t16-/m0/s1. The highest BCUT2D eigenvalue weighted by molar-refractivity contribution is 5.88. The molecular weight excluding hydrogens is 322 g/mol. The average molecular weight is 347 g/mol. The lowest BCUT2D eigenvalue weighted by atomic mass is 10.0. The van der Waals surface area contributed by atoms with Crippen LogP contribution in [0.2, 0.25) is 0 Å². The number of anilines is 1. The van der Waals surface area contributed by atoms with Gasteiger partial charge in [0, 0.05) is 36.4 Å². The molecule has 3 rings (SSSR count). The molecule has 1 aromatic heterocycles. The van der Waals surface area contributed by atoms with Crippen LogP contribution in [0.15, 0.2) is 60.9 Å². The molecule has 0 radical (unpaired) electrons. The Kier molecular flexibility index (Phi) is 5.97. The summed E-state index contributed by atoms with van der Waals surface area (Å²) in [6.07, 6.45) is 5.94. The van der Waals surface area contributed by atoms with Gasteiger partial charge in [-0.3, -0.25) is 9.78 Å². The van der Waals surface area contributed by atoms with Crippen LogP contribution in [-0.4, -0.2) is 17.4 Å². The van der Waals surface area contributed by atoms with Gasteiger partial charge in [-0.25, -0.2) is 0 Å². The van der Waals surface area contributed by atoms with E-state index in [0.717, 1.165) is 25.1 Å². The maximum Gasteiger partial charge on any atom is 0.221 e. The van der Waals surface area contributed by atoms with Crippen LogP contribution in [0.3, 0.4) is 0 Å². The second-order valence-electron chi connectivity index (χ2n) is 6.61. The third-order valence-electron chi connectivity index (χ3n) is 4.53. The zero-order valence-electron chi connectivity index (χ0n) is 15.3. The summed E-state index contributed by atoms with van der Waals surface area (Å²) in [6.45, 7) is 4.59. The second-order valence-corrected chi connectivity index (χ2v) is 6.61. The van der Waals surface area contributed by atoms with Crippen molar-refractivity contribution in [3.8, 4) is 0 Å². The lowest BCUT2D eigenvalue weighted by molar-refractivity contribution is -0.114. The molecule has 4 nitrogen and oxygen atoms in total. The molecule has 3 aromatic rings. The fraction of sp³-hybridized carbons (Fsp3) is 0.273. The van der Waals surface area contributed by atoms with Gasteiger partial charge in [0.05, 0.1) is 0 Å². The summed E-state index contributed by atoms with van der Waals surface area (Å²) in [5.41, 5.74) is 3.30. The van der Waals surface area contributed by atoms with Crippen LogP contribution in [0, 0.1) is 0 Å². The number of fused-ring (bicyclic) bond motifs is 1. The van der Waals surface area contributed by atoms with Gasteiger partial charge in [-0.15, -0.1) is 0 Å². The van der Waals surface area contributed by atoms with E-state index in [1.54, 1.807) is 0 Å². The van der Waals surface area contributed by atoms with Gasteiger partial charge in [-0.05, 0) is 55.0 Å². The van der Waals surface area contributed by atoms with Crippen molar-refractivity contribution in [1.82, 2.24) is 10.3 Å². The molecule has 0 spiro atoms. The zero-order chi connectivity index (χ0) is 18.4. The molecule has 0 aliphatic heterocycles. The number of benzene rings is 2. The highest BCUT2D eigenvalue weighted by atomic mass is 16.1. The zero-order valence-corrected chi connectivity index (χ0v) is 15.3. The van der Waals surface area contributed by atoms with Crippen molar-refractivity contribution in [2.75, 3.05) is 11.9 Å². The van der Waals surface area contributed by atoms with E-state index in [-0.39, 0.29) is 11.9 Å². The quantitative estimate of drug-likeness (QED) is 0.620. The molecule has 0 bridgehead atoms. The van der Waals surface area contributed by atoms with E-state index in [4.69, 9.17) is 0 Å². The number of rotatable bonds is 7. The first kappa shape index (κ1) is 18.1. The monoisotopic (exact) mass is 347 g/mol. The van der Waals surface area contributed by atoms with E-state index in [1.165, 1.54) is 28.8 Å². The van der Waals surface area contributed by atoms with Crippen LogP contribution in [0.25, 0.3) is 10.8 Å². The maximum absolute atomic E-state index is 11.2. The van der Waals surface area contributed by atoms with E-state index in [2.05, 4.69) is 46.8 Å². The van der Waals surface area contributed by atoms with Crippen LogP contribution in [0.1, 0.15) is 37.4 Å². The molecule has 2 N–H and O–H groups in total. The summed E-state index contributed by atoms with van der Waals surface area (Å²) in [4.78, 5) is 15.6. The van der Waals surface area contributed by atoms with Gasteiger partial charge in [0.15, 0.2) is 0 Å². The number of amides is 1. The van der Waals surface area contributed by atoms with E-state index in [9.17, 15) is 4.79 Å². The smallest absolute Gasteiger partial charge is 0.221 e. The summed E-state index contributed by atoms with van der Waals surface area (Å²) in [5.74, 6) is -0.0496. The van der Waals surface area contributed by atoms with Gasteiger partial charge in [-0.1, -0.05) is 36.4 Å². The second kappa shape index (κ2) is 8.59. The minimum atomic E-state index is -0.0496. The molecule has 0 unspecified atom stereocenters. The first-order valence-electron chi connectivity index (χ1n) is 9.06. The van der Waals surface area contributed by atoms with Gasteiger partial charge in [0.2, 0.25) is 5.91 Å². The van der Waals surface area contributed by atoms with Gasteiger partial charge in [0.1, 0.15) is 0 Å². The van der Waals surface area contributed by atoms with Crippen LogP contribution in [0.4, 0.5) is 5.69 Å². The topological polar surface area (TPSA) is 54.0 Å². The predicted octanol–water partition coefficient (Wildman–Crippen LogP) is 4.48. The molecular formula is C22H25N3O. The van der Waals surface area contributed by atoms with Crippen LogP contribution < -0.4 is 10.6 Å². The minimum absolute atomic E-state index is 0.0496. The Labute approximate surface area is 154 Å². The van der Waals surface area contributed by atoms with E-state index in [0.29, 0.717) is 0 Å². The summed E-state index contributed by atoms with van der Waals surface area (Å²) >= 11 is 0. The van der Waals surface area contributed by atoms with Crippen molar-refractivity contribution in [2.45, 2.75) is 32.7 Å². The summed E-state index contributed by atoms with van der Waals surface area (Å²) in [6, 6.07) is 16.6. The molecule has 0 saturated heterocycles. The Morgan fingerprint density at radius 1 is 1.12 bits per heavy atom. The Bertz CT molecular complexity index is 886.